The predicted molar refractivity (Wildman–Crippen MR) is 89.3 cm³/mol. The summed E-state index contributed by atoms with van der Waals surface area (Å²) in [5.74, 6) is -0.846. The first kappa shape index (κ1) is 20.1. The molecule has 0 aromatic heterocycles. The van der Waals surface area contributed by atoms with Gasteiger partial charge in [0.05, 0.1) is 0 Å². The Labute approximate surface area is 142 Å². The quantitative estimate of drug-likeness (QED) is 0.364. The molecule has 0 spiro atoms. The number of carbonyl (C=O) groups is 2. The molecule has 1 aliphatic rings. The Morgan fingerprint density at radius 1 is 1.12 bits per heavy atom. The third-order valence-corrected chi connectivity index (χ3v) is 3.49. The Bertz CT molecular complexity index is 515. The molecule has 0 saturated heterocycles. The second-order valence-electron chi connectivity index (χ2n) is 8.02. The molecule has 24 heavy (non-hydrogen) atoms. The minimum absolute atomic E-state index is 0.303. The number of hydrogen-bond donors (Lipinski definition) is 1. The van der Waals surface area contributed by atoms with Crippen molar-refractivity contribution in [2.75, 3.05) is 0 Å². The Morgan fingerprint density at radius 2 is 1.71 bits per heavy atom. The Morgan fingerprint density at radius 3 is 2.21 bits per heavy atom. The molecule has 0 aliphatic heterocycles. The molecule has 1 unspecified atom stereocenters. The summed E-state index contributed by atoms with van der Waals surface area (Å²) in [6.07, 6.45) is 1.49. The van der Waals surface area contributed by atoms with E-state index in [-0.39, 0.29) is 12.0 Å². The van der Waals surface area contributed by atoms with E-state index in [1.165, 1.54) is 0 Å². The normalized spacial score (nSPS) is 22.2. The summed E-state index contributed by atoms with van der Waals surface area (Å²) in [5.41, 5.74) is 7.36. The Hall–Kier alpha value is -1.95. The number of amides is 1. The van der Waals surface area contributed by atoms with Crippen LogP contribution in [-0.2, 0) is 14.3 Å². The lowest BCUT2D eigenvalue weighted by Gasteiger charge is -2.30. The van der Waals surface area contributed by atoms with Gasteiger partial charge in [0.25, 0.3) is 0 Å². The average Bonchev–Trinajstić information content (AvgIpc) is 2.80. The maximum Gasteiger partial charge on any atom is 0.408 e. The first-order valence-electron chi connectivity index (χ1n) is 8.19. The summed E-state index contributed by atoms with van der Waals surface area (Å²) in [7, 11) is 0. The molecule has 0 aromatic rings. The van der Waals surface area contributed by atoms with Crippen molar-refractivity contribution in [2.45, 2.75) is 84.1 Å². The van der Waals surface area contributed by atoms with E-state index in [2.05, 4.69) is 15.3 Å². The second-order valence-corrected chi connectivity index (χ2v) is 8.02. The Balaban J connectivity index is 2.96. The highest BCUT2D eigenvalue weighted by molar-refractivity contribution is 5.82. The van der Waals surface area contributed by atoms with Crippen LogP contribution in [0.25, 0.3) is 10.4 Å². The predicted octanol–water partition coefficient (Wildman–Crippen LogP) is 3.70. The van der Waals surface area contributed by atoms with Gasteiger partial charge in [0.15, 0.2) is 0 Å². The number of azide groups is 1. The summed E-state index contributed by atoms with van der Waals surface area (Å²) in [5, 5.41) is 6.37. The van der Waals surface area contributed by atoms with Crippen LogP contribution < -0.4 is 5.32 Å². The summed E-state index contributed by atoms with van der Waals surface area (Å²) < 4.78 is 10.7. The van der Waals surface area contributed by atoms with Gasteiger partial charge in [-0.3, -0.25) is 0 Å². The highest BCUT2D eigenvalue weighted by Crippen LogP contribution is 2.32. The van der Waals surface area contributed by atoms with Crippen molar-refractivity contribution in [3.05, 3.63) is 10.4 Å². The zero-order valence-electron chi connectivity index (χ0n) is 15.3. The van der Waals surface area contributed by atoms with E-state index in [9.17, 15) is 9.59 Å². The zero-order valence-corrected chi connectivity index (χ0v) is 15.3. The van der Waals surface area contributed by atoms with Gasteiger partial charge in [0, 0.05) is 11.0 Å². The maximum atomic E-state index is 12.6. The van der Waals surface area contributed by atoms with Crippen molar-refractivity contribution in [3.8, 4) is 0 Å². The van der Waals surface area contributed by atoms with Crippen molar-refractivity contribution < 1.29 is 19.1 Å². The van der Waals surface area contributed by atoms with Gasteiger partial charge in [-0.15, -0.1) is 0 Å². The lowest BCUT2D eigenvalue weighted by atomic mass is 9.94. The molecule has 136 valence electrons. The smallest absolute Gasteiger partial charge is 0.408 e. The van der Waals surface area contributed by atoms with Gasteiger partial charge in [-0.1, -0.05) is 11.5 Å². The number of hydrogen-bond acceptors (Lipinski definition) is 5. The molecular weight excluding hydrogens is 312 g/mol. The molecule has 0 aromatic carbocycles. The van der Waals surface area contributed by atoms with E-state index in [0.717, 1.165) is 6.42 Å². The van der Waals surface area contributed by atoms with Crippen LogP contribution in [0.15, 0.2) is 5.11 Å². The van der Waals surface area contributed by atoms with Gasteiger partial charge in [0.1, 0.15) is 17.2 Å². The fourth-order valence-corrected chi connectivity index (χ4v) is 2.71. The third kappa shape index (κ3) is 6.66. The minimum Gasteiger partial charge on any atom is -0.458 e. The number of nitrogens with one attached hydrogen (secondary N) is 1. The molecule has 8 nitrogen and oxygen atoms in total. The first-order chi connectivity index (χ1) is 10.9. The van der Waals surface area contributed by atoms with E-state index in [1.54, 1.807) is 41.5 Å². The Kier molecular flexibility index (Phi) is 6.49. The molecule has 1 amide bonds. The van der Waals surface area contributed by atoms with Gasteiger partial charge >= 0.3 is 12.1 Å². The van der Waals surface area contributed by atoms with Crippen LogP contribution >= 0.6 is 0 Å². The van der Waals surface area contributed by atoms with Gasteiger partial charge < -0.3 is 14.8 Å². The highest BCUT2D eigenvalue weighted by atomic mass is 16.6. The molecule has 0 bridgehead atoms. The van der Waals surface area contributed by atoms with Crippen molar-refractivity contribution in [1.82, 2.24) is 5.32 Å². The SMILES string of the molecule is CC(C)(C)OC(=O)NC(C(=O)OC(C)(C)C)[C@H]1CCC[C@H]1N=[N+]=[N-]. The average molecular weight is 340 g/mol. The number of alkyl carbamates (subject to hydrolysis) is 1. The van der Waals surface area contributed by atoms with Crippen LogP contribution in [0.1, 0.15) is 60.8 Å². The maximum absolute atomic E-state index is 12.6. The topological polar surface area (TPSA) is 113 Å². The number of rotatable bonds is 4. The van der Waals surface area contributed by atoms with Crippen molar-refractivity contribution >= 4 is 12.1 Å². The molecule has 8 heteroatoms. The zero-order chi connectivity index (χ0) is 18.5. The molecular formula is C16H28N4O4. The monoisotopic (exact) mass is 340 g/mol. The van der Waals surface area contributed by atoms with E-state index in [0.29, 0.717) is 12.8 Å². The summed E-state index contributed by atoms with van der Waals surface area (Å²) >= 11 is 0. The van der Waals surface area contributed by atoms with Crippen LogP contribution in [0.3, 0.4) is 0 Å². The molecule has 3 atom stereocenters. The minimum atomic E-state index is -0.905. The van der Waals surface area contributed by atoms with Gasteiger partial charge in [-0.25, -0.2) is 9.59 Å². The van der Waals surface area contributed by atoms with Crippen LogP contribution in [-0.4, -0.2) is 35.3 Å². The van der Waals surface area contributed by atoms with Gasteiger partial charge in [-0.2, -0.15) is 0 Å². The van der Waals surface area contributed by atoms with Gasteiger partial charge in [-0.05, 0) is 65.8 Å². The summed E-state index contributed by atoms with van der Waals surface area (Å²) in [6, 6.07) is -1.25. The number of ether oxygens (including phenoxy) is 2. The first-order valence-corrected chi connectivity index (χ1v) is 8.19. The number of nitrogens with zero attached hydrogens (tertiary/aromatic N) is 3. The van der Waals surface area contributed by atoms with Crippen LogP contribution in [0.4, 0.5) is 4.79 Å². The van der Waals surface area contributed by atoms with Crippen LogP contribution in [0, 0.1) is 5.92 Å². The van der Waals surface area contributed by atoms with Crippen LogP contribution in [0.5, 0.6) is 0 Å². The third-order valence-electron chi connectivity index (χ3n) is 3.49. The highest BCUT2D eigenvalue weighted by Gasteiger charge is 2.40. The standard InChI is InChI=1S/C16H28N4O4/c1-15(2,3)23-13(21)12(18-14(22)24-16(4,5)6)10-8-7-9-11(10)19-20-17/h10-12H,7-9H2,1-6H3,(H,18,22)/t10-,11+,12?/m0/s1. The number of esters is 1. The fraction of sp³-hybridized carbons (Fsp3) is 0.875. The largest absolute Gasteiger partial charge is 0.458 e. The van der Waals surface area contributed by atoms with Crippen molar-refractivity contribution in [2.24, 2.45) is 11.0 Å². The fourth-order valence-electron chi connectivity index (χ4n) is 2.71. The molecule has 0 radical (unpaired) electrons. The molecule has 1 aliphatic carbocycles. The molecule has 1 fully saturated rings. The molecule has 1 N–H and O–H groups in total. The summed E-state index contributed by atoms with van der Waals surface area (Å²) in [6.45, 7) is 10.5. The van der Waals surface area contributed by atoms with Crippen molar-refractivity contribution in [3.63, 3.8) is 0 Å². The van der Waals surface area contributed by atoms with E-state index >= 15 is 0 Å². The van der Waals surface area contributed by atoms with E-state index in [4.69, 9.17) is 15.0 Å². The molecule has 1 saturated carbocycles. The lowest BCUT2D eigenvalue weighted by molar-refractivity contribution is -0.159. The molecule has 1 rings (SSSR count). The summed E-state index contributed by atoms with van der Waals surface area (Å²) in [4.78, 5) is 27.5. The van der Waals surface area contributed by atoms with E-state index < -0.39 is 29.3 Å². The van der Waals surface area contributed by atoms with Gasteiger partial charge in [0.2, 0.25) is 0 Å². The number of carbonyl (C=O) groups excluding carboxylic acids is 2. The van der Waals surface area contributed by atoms with Crippen LogP contribution in [0.2, 0.25) is 0 Å². The second kappa shape index (κ2) is 7.75. The van der Waals surface area contributed by atoms with E-state index in [1.807, 2.05) is 0 Å². The van der Waals surface area contributed by atoms with Crippen molar-refractivity contribution in [1.29, 1.82) is 0 Å². The lowest BCUT2D eigenvalue weighted by Crippen LogP contribution is -2.51. The molecule has 0 heterocycles.